The molecule has 2 aromatic carbocycles. The number of hydrogen-bond donors (Lipinski definition) is 2. The van der Waals surface area contributed by atoms with Crippen LogP contribution in [0.15, 0.2) is 72.9 Å². The van der Waals surface area contributed by atoms with Gasteiger partial charge in [-0.05, 0) is 60.9 Å². The molecule has 0 fully saturated rings. The van der Waals surface area contributed by atoms with Gasteiger partial charge in [-0.3, -0.25) is 4.98 Å². The minimum atomic E-state index is -0.580. The van der Waals surface area contributed by atoms with Gasteiger partial charge in [-0.25, -0.2) is 0 Å². The Balaban J connectivity index is 1.44. The van der Waals surface area contributed by atoms with Gasteiger partial charge in [-0.2, -0.15) is 0 Å². The minimum Gasteiger partial charge on any atom is -0.487 e. The number of nitrogens with zero attached hydrogens (tertiary/aromatic N) is 1. The number of aromatic nitrogens is 1. The Morgan fingerprint density at radius 1 is 1.07 bits per heavy atom. The van der Waals surface area contributed by atoms with Crippen molar-refractivity contribution in [3.63, 3.8) is 0 Å². The van der Waals surface area contributed by atoms with Crippen LogP contribution < -0.4 is 10.1 Å². The minimum absolute atomic E-state index is 0.231. The lowest BCUT2D eigenvalue weighted by atomic mass is 10.1. The second kappa shape index (κ2) is 10.2. The number of ether oxygens (including phenoxy) is 1. The summed E-state index contributed by atoms with van der Waals surface area (Å²) in [6.07, 6.45) is 2.05. The Kier molecular flexibility index (Phi) is 7.43. The molecule has 0 spiro atoms. The van der Waals surface area contributed by atoms with Gasteiger partial charge in [0.1, 0.15) is 12.4 Å². The molecule has 0 saturated heterocycles. The van der Waals surface area contributed by atoms with E-state index >= 15 is 0 Å². The average molecular weight is 397 g/mol. The number of aliphatic hydroxyl groups excluding tert-OH is 1. The molecule has 3 rings (SSSR count). The summed E-state index contributed by atoms with van der Waals surface area (Å²) < 4.78 is 5.77. The van der Waals surface area contributed by atoms with Crippen molar-refractivity contribution in [1.29, 1.82) is 0 Å². The zero-order valence-electron chi connectivity index (χ0n) is 15.9. The highest BCUT2D eigenvalue weighted by molar-refractivity contribution is 6.30. The lowest BCUT2D eigenvalue weighted by molar-refractivity contribution is 0.170. The van der Waals surface area contributed by atoms with Crippen molar-refractivity contribution in [2.45, 2.75) is 32.1 Å². The van der Waals surface area contributed by atoms with Crippen LogP contribution >= 0.6 is 11.6 Å². The molecule has 0 radical (unpaired) electrons. The van der Waals surface area contributed by atoms with Gasteiger partial charge in [-0.1, -0.05) is 41.9 Å². The molecule has 146 valence electrons. The van der Waals surface area contributed by atoms with E-state index in [0.717, 1.165) is 23.4 Å². The summed E-state index contributed by atoms with van der Waals surface area (Å²) in [5, 5.41) is 14.3. The molecule has 2 N–H and O–H groups in total. The summed E-state index contributed by atoms with van der Waals surface area (Å²) in [6, 6.07) is 21.4. The van der Waals surface area contributed by atoms with E-state index in [-0.39, 0.29) is 6.04 Å². The second-order valence-electron chi connectivity index (χ2n) is 6.84. The Labute approximate surface area is 171 Å². The smallest absolute Gasteiger partial charge is 0.130 e. The van der Waals surface area contributed by atoms with E-state index in [1.54, 1.807) is 18.3 Å². The Bertz CT molecular complexity index is 856. The van der Waals surface area contributed by atoms with Gasteiger partial charge in [0, 0.05) is 23.8 Å². The zero-order valence-corrected chi connectivity index (χ0v) is 16.6. The Morgan fingerprint density at radius 3 is 2.61 bits per heavy atom. The summed E-state index contributed by atoms with van der Waals surface area (Å²) >= 11 is 5.98. The molecule has 5 heteroatoms. The highest BCUT2D eigenvalue weighted by Crippen LogP contribution is 2.18. The van der Waals surface area contributed by atoms with E-state index in [0.29, 0.717) is 18.2 Å². The normalized spacial score (nSPS) is 13.1. The third-order valence-corrected chi connectivity index (χ3v) is 4.71. The van der Waals surface area contributed by atoms with Crippen LogP contribution in [0.1, 0.15) is 29.8 Å². The quantitative estimate of drug-likeness (QED) is 0.556. The molecule has 0 saturated carbocycles. The van der Waals surface area contributed by atoms with E-state index in [4.69, 9.17) is 16.3 Å². The van der Waals surface area contributed by atoms with Gasteiger partial charge >= 0.3 is 0 Å². The summed E-state index contributed by atoms with van der Waals surface area (Å²) in [7, 11) is 0. The number of benzene rings is 2. The monoisotopic (exact) mass is 396 g/mol. The average Bonchev–Trinajstić information content (AvgIpc) is 2.72. The van der Waals surface area contributed by atoms with Gasteiger partial charge in [-0.15, -0.1) is 0 Å². The molecule has 0 aliphatic heterocycles. The van der Waals surface area contributed by atoms with Crippen LogP contribution in [-0.2, 0) is 13.0 Å². The van der Waals surface area contributed by atoms with Crippen molar-refractivity contribution in [3.05, 3.63) is 94.8 Å². The van der Waals surface area contributed by atoms with Crippen molar-refractivity contribution in [1.82, 2.24) is 10.3 Å². The maximum absolute atomic E-state index is 10.3. The number of pyridine rings is 1. The zero-order chi connectivity index (χ0) is 19.8. The SMILES string of the molecule is CC(Cc1ccc(OCc2ccccn2)cc1)NCC(O)c1cccc(Cl)c1. The van der Waals surface area contributed by atoms with Crippen LogP contribution in [-0.4, -0.2) is 22.7 Å². The molecule has 0 aliphatic rings. The van der Waals surface area contributed by atoms with Crippen LogP contribution in [0.4, 0.5) is 0 Å². The number of hydrogen-bond acceptors (Lipinski definition) is 4. The summed E-state index contributed by atoms with van der Waals surface area (Å²) in [5.74, 6) is 0.825. The van der Waals surface area contributed by atoms with Crippen LogP contribution in [0.3, 0.4) is 0 Å². The highest BCUT2D eigenvalue weighted by atomic mass is 35.5. The van der Waals surface area contributed by atoms with E-state index < -0.39 is 6.10 Å². The highest BCUT2D eigenvalue weighted by Gasteiger charge is 2.10. The topological polar surface area (TPSA) is 54.4 Å². The van der Waals surface area contributed by atoms with Crippen molar-refractivity contribution in [2.75, 3.05) is 6.54 Å². The molecular weight excluding hydrogens is 372 g/mol. The molecule has 2 unspecified atom stereocenters. The summed E-state index contributed by atoms with van der Waals surface area (Å²) in [6.45, 7) is 3.04. The molecule has 2 atom stereocenters. The number of rotatable bonds is 9. The first kappa shape index (κ1) is 20.3. The van der Waals surface area contributed by atoms with Crippen LogP contribution in [0.25, 0.3) is 0 Å². The molecule has 1 aromatic heterocycles. The van der Waals surface area contributed by atoms with Crippen molar-refractivity contribution >= 4 is 11.6 Å². The Morgan fingerprint density at radius 2 is 1.89 bits per heavy atom. The Hall–Kier alpha value is -2.40. The summed E-state index contributed by atoms with van der Waals surface area (Å²) in [4.78, 5) is 4.25. The molecule has 1 heterocycles. The van der Waals surface area contributed by atoms with Gasteiger partial charge in [0.05, 0.1) is 11.8 Å². The third kappa shape index (κ3) is 6.34. The first-order valence-corrected chi connectivity index (χ1v) is 9.76. The fourth-order valence-electron chi connectivity index (χ4n) is 2.93. The van der Waals surface area contributed by atoms with Crippen LogP contribution in [0, 0.1) is 0 Å². The maximum Gasteiger partial charge on any atom is 0.130 e. The number of halogens is 1. The van der Waals surface area contributed by atoms with Crippen molar-refractivity contribution < 1.29 is 9.84 Å². The van der Waals surface area contributed by atoms with Gasteiger partial charge in [0.25, 0.3) is 0 Å². The van der Waals surface area contributed by atoms with Crippen LogP contribution in [0.2, 0.25) is 5.02 Å². The first-order valence-electron chi connectivity index (χ1n) is 9.39. The third-order valence-electron chi connectivity index (χ3n) is 4.47. The van der Waals surface area contributed by atoms with Crippen molar-refractivity contribution in [2.24, 2.45) is 0 Å². The van der Waals surface area contributed by atoms with E-state index in [1.807, 2.05) is 42.5 Å². The molecule has 28 heavy (non-hydrogen) atoms. The molecule has 3 aromatic rings. The standard InChI is InChI=1S/C23H25ClN2O2/c1-17(26-15-23(27)19-5-4-6-20(24)14-19)13-18-8-10-22(11-9-18)28-16-21-7-2-3-12-25-21/h2-12,14,17,23,26-27H,13,15-16H2,1H3. The lowest BCUT2D eigenvalue weighted by Gasteiger charge is -2.18. The fraction of sp³-hybridized carbons (Fsp3) is 0.261. The second-order valence-corrected chi connectivity index (χ2v) is 7.27. The lowest BCUT2D eigenvalue weighted by Crippen LogP contribution is -2.32. The molecule has 0 amide bonds. The van der Waals surface area contributed by atoms with E-state index in [2.05, 4.69) is 29.4 Å². The molecule has 4 nitrogen and oxygen atoms in total. The fourth-order valence-corrected chi connectivity index (χ4v) is 3.13. The first-order chi connectivity index (χ1) is 13.6. The van der Waals surface area contributed by atoms with Crippen molar-refractivity contribution in [3.8, 4) is 5.75 Å². The molecular formula is C23H25ClN2O2. The summed E-state index contributed by atoms with van der Waals surface area (Å²) in [5.41, 5.74) is 2.94. The van der Waals surface area contributed by atoms with Crippen LogP contribution in [0.5, 0.6) is 5.75 Å². The van der Waals surface area contributed by atoms with Gasteiger partial charge < -0.3 is 15.2 Å². The molecule has 0 bridgehead atoms. The predicted molar refractivity (Wildman–Crippen MR) is 113 cm³/mol. The molecule has 0 aliphatic carbocycles. The maximum atomic E-state index is 10.3. The van der Waals surface area contributed by atoms with Gasteiger partial charge in [0.15, 0.2) is 0 Å². The van der Waals surface area contributed by atoms with E-state index in [9.17, 15) is 5.11 Å². The predicted octanol–water partition coefficient (Wildman–Crippen LogP) is 4.57. The number of aliphatic hydroxyl groups is 1. The largest absolute Gasteiger partial charge is 0.487 e. The van der Waals surface area contributed by atoms with Gasteiger partial charge in [0.2, 0.25) is 0 Å². The van der Waals surface area contributed by atoms with E-state index in [1.165, 1.54) is 5.56 Å². The number of nitrogens with one attached hydrogen (secondary N) is 1.